The Labute approximate surface area is 157 Å². The largest absolute Gasteiger partial charge is 0.352 e. The first-order valence-electron chi connectivity index (χ1n) is 10.0. The van der Waals surface area contributed by atoms with Crippen molar-refractivity contribution >= 4 is 23.6 Å². The fourth-order valence-electron chi connectivity index (χ4n) is 4.30. The summed E-state index contributed by atoms with van der Waals surface area (Å²) in [6.45, 7) is 9.02. The lowest BCUT2D eigenvalue weighted by molar-refractivity contribution is -0.120. The van der Waals surface area contributed by atoms with E-state index in [2.05, 4.69) is 38.3 Å². The van der Waals surface area contributed by atoms with Crippen LogP contribution in [0.5, 0.6) is 0 Å². The van der Waals surface area contributed by atoms with Gasteiger partial charge in [-0.05, 0) is 36.5 Å². The summed E-state index contributed by atoms with van der Waals surface area (Å²) in [7, 11) is 0. The highest BCUT2D eigenvalue weighted by Crippen LogP contribution is 2.30. The van der Waals surface area contributed by atoms with Crippen molar-refractivity contribution in [3.63, 3.8) is 0 Å². The van der Waals surface area contributed by atoms with E-state index >= 15 is 0 Å². The molecule has 2 saturated carbocycles. The summed E-state index contributed by atoms with van der Waals surface area (Å²) in [6, 6.07) is 0.602. The molecule has 2 aliphatic carbocycles. The van der Waals surface area contributed by atoms with Gasteiger partial charge in [0.1, 0.15) is 0 Å². The van der Waals surface area contributed by atoms with Crippen molar-refractivity contribution in [3.8, 4) is 0 Å². The van der Waals surface area contributed by atoms with Gasteiger partial charge in [-0.1, -0.05) is 53.4 Å². The molecule has 2 amide bonds. The van der Waals surface area contributed by atoms with E-state index in [1.165, 1.54) is 37.4 Å². The van der Waals surface area contributed by atoms with Gasteiger partial charge >= 0.3 is 0 Å². The van der Waals surface area contributed by atoms with Crippen molar-refractivity contribution < 1.29 is 9.59 Å². The van der Waals surface area contributed by atoms with Crippen LogP contribution >= 0.6 is 11.8 Å². The Morgan fingerprint density at radius 2 is 1.16 bits per heavy atom. The molecular formula is C20H36N2O2S. The van der Waals surface area contributed by atoms with Crippen LogP contribution in [0.2, 0.25) is 0 Å². The third-order valence-electron chi connectivity index (χ3n) is 6.57. The molecule has 0 heterocycles. The van der Waals surface area contributed by atoms with Gasteiger partial charge in [0.05, 0.1) is 11.5 Å². The van der Waals surface area contributed by atoms with E-state index in [-0.39, 0.29) is 11.8 Å². The summed E-state index contributed by atoms with van der Waals surface area (Å²) in [5.74, 6) is 3.34. The first-order valence-corrected chi connectivity index (χ1v) is 11.2. The van der Waals surface area contributed by atoms with Gasteiger partial charge in [0.25, 0.3) is 0 Å². The Balaban J connectivity index is 1.64. The topological polar surface area (TPSA) is 58.2 Å². The van der Waals surface area contributed by atoms with Gasteiger partial charge in [-0.2, -0.15) is 0 Å². The van der Waals surface area contributed by atoms with E-state index in [1.54, 1.807) is 0 Å². The van der Waals surface area contributed by atoms with Crippen LogP contribution < -0.4 is 10.6 Å². The van der Waals surface area contributed by atoms with E-state index in [4.69, 9.17) is 0 Å². The van der Waals surface area contributed by atoms with Crippen molar-refractivity contribution in [1.82, 2.24) is 10.6 Å². The summed E-state index contributed by atoms with van der Waals surface area (Å²) < 4.78 is 0. The average Bonchev–Trinajstić information content (AvgIpc) is 2.56. The Morgan fingerprint density at radius 3 is 1.56 bits per heavy atom. The quantitative estimate of drug-likeness (QED) is 0.753. The zero-order chi connectivity index (χ0) is 18.4. The van der Waals surface area contributed by atoms with E-state index in [1.807, 2.05) is 0 Å². The van der Waals surface area contributed by atoms with Crippen LogP contribution in [-0.2, 0) is 9.59 Å². The molecule has 0 aromatic carbocycles. The molecule has 6 unspecified atom stereocenters. The summed E-state index contributed by atoms with van der Waals surface area (Å²) in [5, 5.41) is 6.35. The molecule has 25 heavy (non-hydrogen) atoms. The van der Waals surface area contributed by atoms with Gasteiger partial charge in [0.2, 0.25) is 11.8 Å². The van der Waals surface area contributed by atoms with Crippen molar-refractivity contribution in [3.05, 3.63) is 0 Å². The SMILES string of the molecule is CC1CCCC(NC(=O)CSCC(=O)NC2CCCC(C)C2C)C1C. The zero-order valence-corrected chi connectivity index (χ0v) is 17.2. The highest BCUT2D eigenvalue weighted by molar-refractivity contribution is 8.00. The normalized spacial score (nSPS) is 35.8. The number of hydrogen-bond acceptors (Lipinski definition) is 3. The summed E-state index contributed by atoms with van der Waals surface area (Å²) in [4.78, 5) is 24.3. The van der Waals surface area contributed by atoms with Crippen molar-refractivity contribution in [2.75, 3.05) is 11.5 Å². The minimum atomic E-state index is 0.0726. The van der Waals surface area contributed by atoms with Gasteiger partial charge in [0, 0.05) is 12.1 Å². The Kier molecular flexibility index (Phi) is 8.11. The van der Waals surface area contributed by atoms with Crippen molar-refractivity contribution in [2.24, 2.45) is 23.7 Å². The number of carbonyl (C=O) groups excluding carboxylic acids is 2. The molecule has 2 N–H and O–H groups in total. The van der Waals surface area contributed by atoms with Crippen LogP contribution in [0, 0.1) is 23.7 Å². The molecule has 0 aromatic heterocycles. The van der Waals surface area contributed by atoms with Gasteiger partial charge in [-0.3, -0.25) is 9.59 Å². The monoisotopic (exact) mass is 368 g/mol. The molecule has 6 atom stereocenters. The number of rotatable bonds is 6. The lowest BCUT2D eigenvalue weighted by Gasteiger charge is -2.34. The van der Waals surface area contributed by atoms with Crippen LogP contribution in [0.3, 0.4) is 0 Å². The summed E-state index contributed by atoms with van der Waals surface area (Å²) in [6.07, 6.45) is 7.09. The number of hydrogen-bond donors (Lipinski definition) is 2. The first kappa shape index (κ1) is 20.6. The third kappa shape index (κ3) is 6.19. The molecule has 2 fully saturated rings. The molecule has 0 bridgehead atoms. The van der Waals surface area contributed by atoms with Crippen LogP contribution in [0.15, 0.2) is 0 Å². The first-order chi connectivity index (χ1) is 11.9. The second kappa shape index (κ2) is 9.84. The molecular weight excluding hydrogens is 332 g/mol. The predicted octanol–water partition coefficient (Wildman–Crippen LogP) is 3.60. The Bertz CT molecular complexity index is 417. The van der Waals surface area contributed by atoms with Crippen molar-refractivity contribution in [1.29, 1.82) is 0 Å². The molecule has 0 aromatic rings. The van der Waals surface area contributed by atoms with Gasteiger partial charge in [0.15, 0.2) is 0 Å². The van der Waals surface area contributed by atoms with Crippen LogP contribution in [0.25, 0.3) is 0 Å². The summed E-state index contributed by atoms with van der Waals surface area (Å²) in [5.41, 5.74) is 0. The van der Waals surface area contributed by atoms with Crippen LogP contribution in [0.4, 0.5) is 0 Å². The average molecular weight is 369 g/mol. The van der Waals surface area contributed by atoms with Gasteiger partial charge in [-0.25, -0.2) is 0 Å². The Hall–Kier alpha value is -0.710. The smallest absolute Gasteiger partial charge is 0.230 e. The lowest BCUT2D eigenvalue weighted by atomic mass is 9.78. The maximum absolute atomic E-state index is 12.2. The molecule has 0 radical (unpaired) electrons. The highest BCUT2D eigenvalue weighted by Gasteiger charge is 2.29. The second-order valence-electron chi connectivity index (χ2n) is 8.38. The molecule has 2 aliphatic rings. The van der Waals surface area contributed by atoms with Crippen LogP contribution in [0.1, 0.15) is 66.2 Å². The van der Waals surface area contributed by atoms with Crippen molar-refractivity contribution in [2.45, 2.75) is 78.3 Å². The molecule has 144 valence electrons. The Morgan fingerprint density at radius 1 is 0.760 bits per heavy atom. The zero-order valence-electron chi connectivity index (χ0n) is 16.3. The highest BCUT2D eigenvalue weighted by atomic mass is 32.2. The fourth-order valence-corrected chi connectivity index (χ4v) is 4.94. The number of amides is 2. The molecule has 0 spiro atoms. The molecule has 0 saturated heterocycles. The molecule has 2 rings (SSSR count). The minimum absolute atomic E-state index is 0.0726. The standard InChI is InChI=1S/C20H36N2O2S/c1-13-7-5-9-17(15(13)3)21-19(23)11-25-12-20(24)22-18-10-6-8-14(2)16(18)4/h13-18H,5-12H2,1-4H3,(H,21,23)(H,22,24). The molecule has 4 nitrogen and oxygen atoms in total. The van der Waals surface area contributed by atoms with E-state index in [0.717, 1.165) is 12.8 Å². The maximum atomic E-state index is 12.2. The van der Waals surface area contributed by atoms with Crippen LogP contribution in [-0.4, -0.2) is 35.4 Å². The fraction of sp³-hybridized carbons (Fsp3) is 0.900. The van der Waals surface area contributed by atoms with E-state index in [9.17, 15) is 9.59 Å². The minimum Gasteiger partial charge on any atom is -0.352 e. The maximum Gasteiger partial charge on any atom is 0.230 e. The van der Waals surface area contributed by atoms with E-state index in [0.29, 0.717) is 47.3 Å². The lowest BCUT2D eigenvalue weighted by Crippen LogP contribution is -2.45. The van der Waals surface area contributed by atoms with Gasteiger partial charge in [-0.15, -0.1) is 11.8 Å². The predicted molar refractivity (Wildman–Crippen MR) is 106 cm³/mol. The molecule has 0 aliphatic heterocycles. The van der Waals surface area contributed by atoms with E-state index < -0.39 is 0 Å². The second-order valence-corrected chi connectivity index (χ2v) is 9.36. The van der Waals surface area contributed by atoms with Gasteiger partial charge < -0.3 is 10.6 Å². The number of thioether (sulfide) groups is 1. The molecule has 5 heteroatoms. The number of nitrogens with one attached hydrogen (secondary N) is 2. The summed E-state index contributed by atoms with van der Waals surface area (Å²) >= 11 is 1.43. The third-order valence-corrected chi connectivity index (χ3v) is 7.51. The number of carbonyl (C=O) groups is 2.